The summed E-state index contributed by atoms with van der Waals surface area (Å²) in [4.78, 5) is 3.71. The molecular formula is C25H16ClF2N5O10S3. The van der Waals surface area contributed by atoms with Crippen LogP contribution in [0.1, 0.15) is 5.56 Å². The summed E-state index contributed by atoms with van der Waals surface area (Å²) in [5.41, 5.74) is -1.10. The third kappa shape index (κ3) is 6.44. The Morgan fingerprint density at radius 1 is 0.804 bits per heavy atom. The summed E-state index contributed by atoms with van der Waals surface area (Å²) in [6.07, 6.45) is -1.40. The topological polar surface area (TPSA) is 246 Å². The summed E-state index contributed by atoms with van der Waals surface area (Å²) in [7, 11) is -15.0. The van der Waals surface area contributed by atoms with Crippen LogP contribution in [0.5, 0.6) is 5.75 Å². The molecule has 0 amide bonds. The Morgan fingerprint density at radius 2 is 1.50 bits per heavy atom. The van der Waals surface area contributed by atoms with Gasteiger partial charge in [0.2, 0.25) is 5.95 Å². The monoisotopic (exact) mass is 715 g/mol. The van der Waals surface area contributed by atoms with Gasteiger partial charge in [0, 0.05) is 17.3 Å². The van der Waals surface area contributed by atoms with E-state index in [0.717, 1.165) is 30.3 Å². The standard InChI is InChI=1S/C25H16ClF2N5O10S3/c26-19-23(27)30-25(28)31-24(19)29-10-11-2-1-3-16-14(11)6-7-17(22(16)46(41,42)43)32-33-20-18(45(38,39)40)9-12-8-13(44(35,36)37)4-5-15(12)21(20)34/h1-9,34H,10H2,(H,29,30,31)(H,35,36,37)(H,38,39,40)(H,41,42,43). The zero-order chi connectivity index (χ0) is 33.8. The molecule has 0 spiro atoms. The lowest BCUT2D eigenvalue weighted by atomic mass is 10.0. The van der Waals surface area contributed by atoms with E-state index >= 15 is 0 Å². The van der Waals surface area contributed by atoms with Crippen molar-refractivity contribution in [3.8, 4) is 5.75 Å². The number of rotatable bonds is 8. The Balaban J connectivity index is 1.64. The van der Waals surface area contributed by atoms with Gasteiger partial charge in [-0.2, -0.15) is 44.0 Å². The maximum Gasteiger partial charge on any atom is 0.313 e. The van der Waals surface area contributed by atoms with Crippen molar-refractivity contribution < 1.29 is 52.8 Å². The quantitative estimate of drug-likeness (QED) is 0.0602. The van der Waals surface area contributed by atoms with Crippen LogP contribution in [0.4, 0.5) is 26.0 Å². The highest BCUT2D eigenvalue weighted by Crippen LogP contribution is 2.43. The van der Waals surface area contributed by atoms with Crippen molar-refractivity contribution in [3.05, 3.63) is 77.2 Å². The minimum Gasteiger partial charge on any atom is -0.505 e. The molecule has 1 heterocycles. The fraction of sp³-hybridized carbons (Fsp3) is 0.0400. The minimum atomic E-state index is -5.18. The molecule has 15 nitrogen and oxygen atoms in total. The Hall–Kier alpha value is -4.44. The number of hydrogen-bond donors (Lipinski definition) is 5. The third-order valence-electron chi connectivity index (χ3n) is 6.43. The second-order valence-corrected chi connectivity index (χ2v) is 13.9. The lowest BCUT2D eigenvalue weighted by molar-refractivity contribution is 0.472. The van der Waals surface area contributed by atoms with Crippen molar-refractivity contribution in [2.24, 2.45) is 10.2 Å². The number of azo groups is 1. The molecule has 0 aliphatic rings. The first-order chi connectivity index (χ1) is 21.4. The number of fused-ring (bicyclic) bond motifs is 2. The summed E-state index contributed by atoms with van der Waals surface area (Å²) in [6.45, 7) is -0.208. The molecule has 0 aliphatic heterocycles. The molecule has 5 N–H and O–H groups in total. The van der Waals surface area contributed by atoms with Gasteiger partial charge in [0.1, 0.15) is 26.2 Å². The van der Waals surface area contributed by atoms with Crippen LogP contribution in [0.15, 0.2) is 79.5 Å². The van der Waals surface area contributed by atoms with Crippen molar-refractivity contribution in [1.29, 1.82) is 0 Å². The van der Waals surface area contributed by atoms with Crippen molar-refractivity contribution in [1.82, 2.24) is 9.97 Å². The fourth-order valence-corrected chi connectivity index (χ4v) is 6.62. The van der Waals surface area contributed by atoms with E-state index in [1.807, 2.05) is 0 Å². The summed E-state index contributed by atoms with van der Waals surface area (Å²) in [5.74, 6) is -2.64. The van der Waals surface area contributed by atoms with Gasteiger partial charge in [-0.05, 0) is 46.7 Å². The van der Waals surface area contributed by atoms with Gasteiger partial charge in [-0.1, -0.05) is 35.9 Å². The number of hydrogen-bond acceptors (Lipinski definition) is 12. The van der Waals surface area contributed by atoms with E-state index in [9.17, 15) is 52.8 Å². The maximum atomic E-state index is 13.7. The van der Waals surface area contributed by atoms with Crippen LogP contribution in [0.2, 0.25) is 5.02 Å². The van der Waals surface area contributed by atoms with E-state index in [2.05, 4.69) is 25.5 Å². The number of aromatic nitrogens is 2. The summed E-state index contributed by atoms with van der Waals surface area (Å²) < 4.78 is 129. The van der Waals surface area contributed by atoms with Crippen LogP contribution in [0, 0.1) is 12.0 Å². The van der Waals surface area contributed by atoms with Gasteiger partial charge in [-0.3, -0.25) is 13.7 Å². The molecule has 0 bridgehead atoms. The zero-order valence-corrected chi connectivity index (χ0v) is 25.5. The van der Waals surface area contributed by atoms with Crippen molar-refractivity contribution in [3.63, 3.8) is 0 Å². The Labute approximate surface area is 262 Å². The van der Waals surface area contributed by atoms with Crippen molar-refractivity contribution in [2.45, 2.75) is 21.2 Å². The fourth-order valence-electron chi connectivity index (χ4n) is 4.47. The number of aromatic hydroxyl groups is 1. The average molecular weight is 716 g/mol. The normalized spacial score (nSPS) is 12.7. The van der Waals surface area contributed by atoms with Crippen molar-refractivity contribution in [2.75, 3.05) is 5.32 Å². The predicted molar refractivity (Wildman–Crippen MR) is 157 cm³/mol. The molecule has 4 aromatic carbocycles. The summed E-state index contributed by atoms with van der Waals surface area (Å²) in [6, 6.07) is 10.0. The molecule has 0 saturated carbocycles. The van der Waals surface area contributed by atoms with Gasteiger partial charge < -0.3 is 10.4 Å². The van der Waals surface area contributed by atoms with Crippen LogP contribution in [0.25, 0.3) is 21.5 Å². The molecule has 0 atom stereocenters. The van der Waals surface area contributed by atoms with E-state index < -0.39 is 85.0 Å². The minimum absolute atomic E-state index is 0.125. The van der Waals surface area contributed by atoms with Crippen LogP contribution < -0.4 is 5.32 Å². The second kappa shape index (κ2) is 11.7. The van der Waals surface area contributed by atoms with E-state index in [1.54, 1.807) is 0 Å². The van der Waals surface area contributed by atoms with E-state index in [4.69, 9.17) is 11.6 Å². The highest BCUT2D eigenvalue weighted by Gasteiger charge is 2.25. The molecule has 5 aromatic rings. The highest BCUT2D eigenvalue weighted by atomic mass is 35.5. The van der Waals surface area contributed by atoms with Crippen LogP contribution in [-0.2, 0) is 36.9 Å². The molecule has 46 heavy (non-hydrogen) atoms. The smallest absolute Gasteiger partial charge is 0.313 e. The first kappa shape index (κ1) is 32.9. The first-order valence-corrected chi connectivity index (χ1v) is 16.9. The van der Waals surface area contributed by atoms with Gasteiger partial charge in [0.25, 0.3) is 30.4 Å². The maximum absolute atomic E-state index is 13.7. The first-order valence-electron chi connectivity index (χ1n) is 12.2. The number of phenols is 1. The number of phenolic OH excluding ortho intramolecular Hbond substituents is 1. The van der Waals surface area contributed by atoms with Crippen molar-refractivity contribution >= 4 is 80.7 Å². The molecule has 0 radical (unpaired) electrons. The SMILES string of the molecule is O=S(=O)(O)c1ccc2c(O)c(N=Nc3ccc4c(CNc5nc(F)nc(F)c5Cl)cccc4c3S(=O)(=O)O)c(S(=O)(=O)O)cc2c1. The molecule has 0 aliphatic carbocycles. The number of anilines is 1. The van der Waals surface area contributed by atoms with Crippen LogP contribution in [0.3, 0.4) is 0 Å². The molecule has 5 rings (SSSR count). The Morgan fingerprint density at radius 3 is 2.15 bits per heavy atom. The second-order valence-electron chi connectivity index (χ2n) is 9.31. The summed E-state index contributed by atoms with van der Waals surface area (Å²) in [5, 5.41) is 19.8. The average Bonchev–Trinajstić information content (AvgIpc) is 2.95. The molecule has 0 unspecified atom stereocenters. The number of benzene rings is 4. The van der Waals surface area contributed by atoms with E-state index in [-0.39, 0.29) is 28.1 Å². The highest BCUT2D eigenvalue weighted by molar-refractivity contribution is 7.86. The Kier molecular flexibility index (Phi) is 8.40. The number of halogens is 3. The summed E-state index contributed by atoms with van der Waals surface area (Å²) >= 11 is 5.78. The zero-order valence-electron chi connectivity index (χ0n) is 22.3. The van der Waals surface area contributed by atoms with E-state index in [1.165, 1.54) is 24.3 Å². The van der Waals surface area contributed by atoms with Gasteiger partial charge in [-0.25, -0.2) is 0 Å². The molecule has 0 saturated heterocycles. The van der Waals surface area contributed by atoms with Gasteiger partial charge in [-0.15, -0.1) is 10.2 Å². The van der Waals surface area contributed by atoms with Crippen LogP contribution >= 0.6 is 11.6 Å². The number of nitrogens with one attached hydrogen (secondary N) is 1. The molecule has 240 valence electrons. The molecular weight excluding hydrogens is 700 g/mol. The largest absolute Gasteiger partial charge is 0.505 e. The lowest BCUT2D eigenvalue weighted by Crippen LogP contribution is -2.07. The van der Waals surface area contributed by atoms with Gasteiger partial charge >= 0.3 is 6.08 Å². The number of nitrogens with zero attached hydrogens (tertiary/aromatic N) is 4. The molecule has 0 fully saturated rings. The van der Waals surface area contributed by atoms with Gasteiger partial charge in [0.05, 0.1) is 4.90 Å². The van der Waals surface area contributed by atoms with E-state index in [0.29, 0.717) is 5.56 Å². The Bertz CT molecular complexity index is 2470. The predicted octanol–water partition coefficient (Wildman–Crippen LogP) is 5.19. The molecule has 21 heteroatoms. The third-order valence-corrected chi connectivity index (χ3v) is 9.42. The lowest BCUT2D eigenvalue weighted by Gasteiger charge is -2.13. The van der Waals surface area contributed by atoms with Gasteiger partial charge in [0.15, 0.2) is 11.6 Å². The van der Waals surface area contributed by atoms with Crippen LogP contribution in [-0.4, -0.2) is 54.0 Å². The molecule has 1 aromatic heterocycles.